The van der Waals surface area contributed by atoms with E-state index in [1.165, 1.54) is 36.7 Å². The molecule has 1 aliphatic heterocycles. The Kier molecular flexibility index (Phi) is 7.63. The number of ether oxygens (including phenoxy) is 1. The Hall–Kier alpha value is -4.20. The van der Waals surface area contributed by atoms with Crippen molar-refractivity contribution in [2.24, 2.45) is 10.9 Å². The number of carbonyl (C=O) groups is 1. The van der Waals surface area contributed by atoms with Crippen molar-refractivity contribution in [1.82, 2.24) is 14.9 Å². The number of benzene rings is 2. The van der Waals surface area contributed by atoms with Crippen LogP contribution in [0.3, 0.4) is 0 Å². The van der Waals surface area contributed by atoms with E-state index in [0.717, 1.165) is 12.0 Å². The first-order valence-electron chi connectivity index (χ1n) is 11.5. The third-order valence-corrected chi connectivity index (χ3v) is 5.99. The largest absolute Gasteiger partial charge is 0.457 e. The van der Waals surface area contributed by atoms with E-state index in [9.17, 15) is 9.18 Å². The molecule has 1 unspecified atom stereocenters. The molecular formula is C28H26F2N4O2. The highest BCUT2D eigenvalue weighted by Gasteiger charge is 2.24. The van der Waals surface area contributed by atoms with Crippen LogP contribution in [-0.2, 0) is 4.79 Å². The first-order valence-corrected chi connectivity index (χ1v) is 11.5. The molecule has 2 aromatic carbocycles. The van der Waals surface area contributed by atoms with E-state index in [1.54, 1.807) is 36.3 Å². The van der Waals surface area contributed by atoms with Crippen molar-refractivity contribution in [3.05, 3.63) is 102 Å². The predicted octanol–water partition coefficient (Wildman–Crippen LogP) is 5.45. The third-order valence-electron chi connectivity index (χ3n) is 5.99. The lowest BCUT2D eigenvalue weighted by molar-refractivity contribution is -0.125. The van der Waals surface area contributed by atoms with Crippen LogP contribution in [0.4, 0.5) is 8.78 Å². The molecule has 1 fully saturated rings. The zero-order valence-electron chi connectivity index (χ0n) is 20.1. The minimum Gasteiger partial charge on any atom is -0.457 e. The molecule has 0 N–H and O–H groups in total. The highest BCUT2D eigenvalue weighted by Crippen LogP contribution is 2.28. The minimum atomic E-state index is -0.546. The van der Waals surface area contributed by atoms with E-state index in [4.69, 9.17) is 4.74 Å². The summed E-state index contributed by atoms with van der Waals surface area (Å²) in [5, 5.41) is 0. The van der Waals surface area contributed by atoms with Crippen LogP contribution in [0.1, 0.15) is 30.2 Å². The molecule has 3 aromatic rings. The van der Waals surface area contributed by atoms with Crippen molar-refractivity contribution in [1.29, 1.82) is 0 Å². The standard InChI is InChI=1S/C28H26F2N4O2/c1-4-26(35)34-11-10-19(16-34)12-18(2)27-24(15-32-17-33-27)28(31-3)23-9-8-22(14-25(23)30)36-21-7-5-6-20(29)13-21/h4-9,12-15,17,19H,1,10-11,16H2,2-3H3/b18-12-,31-28?. The monoisotopic (exact) mass is 488 g/mol. The Balaban J connectivity index is 1.60. The molecule has 1 aliphatic rings. The molecule has 0 saturated carbocycles. The van der Waals surface area contributed by atoms with Gasteiger partial charge in [-0.2, -0.15) is 0 Å². The van der Waals surface area contributed by atoms with Gasteiger partial charge in [0, 0.05) is 49.6 Å². The second kappa shape index (κ2) is 11.0. The van der Waals surface area contributed by atoms with Crippen LogP contribution in [0.2, 0.25) is 0 Å². The van der Waals surface area contributed by atoms with Crippen LogP contribution in [0, 0.1) is 17.6 Å². The number of likely N-dealkylation sites (tertiary alicyclic amines) is 1. The van der Waals surface area contributed by atoms with E-state index in [2.05, 4.69) is 27.6 Å². The Labute approximate surface area is 208 Å². The maximum absolute atomic E-state index is 15.2. The number of nitrogens with zero attached hydrogens (tertiary/aromatic N) is 4. The van der Waals surface area contributed by atoms with Gasteiger partial charge in [0.05, 0.1) is 11.4 Å². The lowest BCUT2D eigenvalue weighted by Gasteiger charge is -2.15. The van der Waals surface area contributed by atoms with E-state index in [-0.39, 0.29) is 28.9 Å². The lowest BCUT2D eigenvalue weighted by Crippen LogP contribution is -2.26. The van der Waals surface area contributed by atoms with Crippen LogP contribution in [0.5, 0.6) is 11.5 Å². The first-order chi connectivity index (χ1) is 17.4. The molecular weight excluding hydrogens is 462 g/mol. The Bertz CT molecular complexity index is 1350. The molecule has 6 nitrogen and oxygen atoms in total. The summed E-state index contributed by atoms with van der Waals surface area (Å²) in [6.07, 6.45) is 7.31. The Morgan fingerprint density at radius 2 is 2.00 bits per heavy atom. The fraction of sp³-hybridized carbons (Fsp3) is 0.214. The minimum absolute atomic E-state index is 0.0769. The van der Waals surface area contributed by atoms with Gasteiger partial charge in [-0.25, -0.2) is 18.7 Å². The van der Waals surface area contributed by atoms with Crippen molar-refractivity contribution in [3.8, 4) is 11.5 Å². The number of hydrogen-bond donors (Lipinski definition) is 0. The zero-order chi connectivity index (χ0) is 25.7. The van der Waals surface area contributed by atoms with Crippen molar-refractivity contribution < 1.29 is 18.3 Å². The van der Waals surface area contributed by atoms with Crippen molar-refractivity contribution >= 4 is 17.2 Å². The van der Waals surface area contributed by atoms with Gasteiger partial charge in [0.2, 0.25) is 5.91 Å². The van der Waals surface area contributed by atoms with Gasteiger partial charge in [-0.1, -0.05) is 18.7 Å². The summed E-state index contributed by atoms with van der Waals surface area (Å²) in [6.45, 7) is 6.77. The van der Waals surface area contributed by atoms with Gasteiger partial charge in [0.25, 0.3) is 0 Å². The smallest absolute Gasteiger partial charge is 0.245 e. The van der Waals surface area contributed by atoms with Crippen LogP contribution >= 0.6 is 0 Å². The first kappa shape index (κ1) is 24.9. The third kappa shape index (κ3) is 5.54. The average molecular weight is 489 g/mol. The molecule has 8 heteroatoms. The molecule has 184 valence electrons. The van der Waals surface area contributed by atoms with Crippen molar-refractivity contribution in [2.45, 2.75) is 13.3 Å². The summed E-state index contributed by atoms with van der Waals surface area (Å²) in [5.74, 6) is -0.385. The van der Waals surface area contributed by atoms with Crippen LogP contribution in [-0.4, -0.2) is 46.6 Å². The summed E-state index contributed by atoms with van der Waals surface area (Å²) in [7, 11) is 1.58. The summed E-state index contributed by atoms with van der Waals surface area (Å²) in [4.78, 5) is 26.6. The molecule has 0 spiro atoms. The van der Waals surface area contributed by atoms with Gasteiger partial charge in [-0.15, -0.1) is 0 Å². The summed E-state index contributed by atoms with van der Waals surface area (Å²) in [5.41, 5.74) is 2.76. The molecule has 4 rings (SSSR count). The fourth-order valence-corrected chi connectivity index (χ4v) is 4.31. The maximum Gasteiger partial charge on any atom is 0.245 e. The van der Waals surface area contributed by atoms with E-state index < -0.39 is 11.6 Å². The quantitative estimate of drug-likeness (QED) is 0.328. The van der Waals surface area contributed by atoms with Crippen LogP contribution in [0.25, 0.3) is 5.57 Å². The summed E-state index contributed by atoms with van der Waals surface area (Å²) >= 11 is 0. The maximum atomic E-state index is 15.2. The number of carbonyl (C=O) groups excluding carboxylic acids is 1. The molecule has 1 atom stereocenters. The number of aliphatic imine (C=N–C) groups is 1. The van der Waals surface area contributed by atoms with E-state index in [0.29, 0.717) is 30.1 Å². The number of allylic oxidation sites excluding steroid dienone is 1. The number of halogens is 2. The average Bonchev–Trinajstić information content (AvgIpc) is 3.34. The molecule has 36 heavy (non-hydrogen) atoms. The number of aromatic nitrogens is 2. The number of amides is 1. The normalized spacial score (nSPS) is 16.2. The fourth-order valence-electron chi connectivity index (χ4n) is 4.31. The summed E-state index contributed by atoms with van der Waals surface area (Å²) in [6, 6.07) is 10.0. The second-order valence-electron chi connectivity index (χ2n) is 8.45. The number of hydrogen-bond acceptors (Lipinski definition) is 5. The highest BCUT2D eigenvalue weighted by atomic mass is 19.1. The molecule has 0 aliphatic carbocycles. The van der Waals surface area contributed by atoms with Crippen molar-refractivity contribution in [2.75, 3.05) is 20.1 Å². The summed E-state index contributed by atoms with van der Waals surface area (Å²) < 4.78 is 34.3. The van der Waals surface area contributed by atoms with Gasteiger partial charge >= 0.3 is 0 Å². The van der Waals surface area contributed by atoms with Gasteiger partial charge in [-0.3, -0.25) is 9.79 Å². The topological polar surface area (TPSA) is 67.7 Å². The molecule has 1 saturated heterocycles. The van der Waals surface area contributed by atoms with Gasteiger partial charge in [0.15, 0.2) is 0 Å². The van der Waals surface area contributed by atoms with E-state index in [1.807, 2.05) is 6.92 Å². The predicted molar refractivity (Wildman–Crippen MR) is 135 cm³/mol. The van der Waals surface area contributed by atoms with Crippen molar-refractivity contribution in [3.63, 3.8) is 0 Å². The molecule has 0 radical (unpaired) electrons. The Morgan fingerprint density at radius 1 is 1.19 bits per heavy atom. The number of rotatable bonds is 7. The SMILES string of the molecule is C=CC(=O)N1CCC(/C=C(/C)c2ncncc2C(=NC)c2ccc(Oc3cccc(F)c3)cc2F)C1. The second-order valence-corrected chi connectivity index (χ2v) is 8.45. The van der Waals surface area contributed by atoms with Crippen LogP contribution in [0.15, 0.2) is 78.7 Å². The molecule has 2 heterocycles. The van der Waals surface area contributed by atoms with Gasteiger partial charge in [-0.05, 0) is 55.2 Å². The molecule has 0 bridgehead atoms. The molecule has 1 aromatic heterocycles. The van der Waals surface area contributed by atoms with Gasteiger partial charge < -0.3 is 9.64 Å². The van der Waals surface area contributed by atoms with Gasteiger partial charge in [0.1, 0.15) is 29.5 Å². The van der Waals surface area contributed by atoms with E-state index >= 15 is 4.39 Å². The highest BCUT2D eigenvalue weighted by molar-refractivity contribution is 6.14. The lowest BCUT2D eigenvalue weighted by atomic mass is 9.96. The Morgan fingerprint density at radius 3 is 2.72 bits per heavy atom. The zero-order valence-corrected chi connectivity index (χ0v) is 20.1. The molecule has 1 amide bonds. The van der Waals surface area contributed by atoms with Crippen LogP contribution < -0.4 is 4.74 Å².